The van der Waals surface area contributed by atoms with Crippen LogP contribution in [0.4, 0.5) is 0 Å². The molecule has 1 saturated heterocycles. The van der Waals surface area contributed by atoms with Crippen LogP contribution >= 0.6 is 9.24 Å². The van der Waals surface area contributed by atoms with E-state index >= 15 is 0 Å². The summed E-state index contributed by atoms with van der Waals surface area (Å²) in [7, 11) is 4.94. The van der Waals surface area contributed by atoms with Crippen LogP contribution in [0.25, 0.3) is 0 Å². The molecule has 1 aromatic rings. The summed E-state index contributed by atoms with van der Waals surface area (Å²) in [5.41, 5.74) is 1.85. The third kappa shape index (κ3) is 1.85. The average Bonchev–Trinajstić information content (AvgIpc) is 2.48. The van der Waals surface area contributed by atoms with E-state index in [-0.39, 0.29) is 0 Å². The molecule has 14 heavy (non-hydrogen) atoms. The van der Waals surface area contributed by atoms with Crippen molar-refractivity contribution in [3.05, 3.63) is 29.8 Å². The second-order valence-electron chi connectivity index (χ2n) is 4.67. The largest absolute Gasteiger partial charge is 0.305 e. The lowest BCUT2D eigenvalue weighted by atomic mass is 9.82. The van der Waals surface area contributed by atoms with Gasteiger partial charge in [-0.25, -0.2) is 0 Å². The second kappa shape index (κ2) is 3.64. The van der Waals surface area contributed by atoms with E-state index in [0.29, 0.717) is 5.41 Å². The Morgan fingerprint density at radius 1 is 1.29 bits per heavy atom. The summed E-state index contributed by atoms with van der Waals surface area (Å²) < 4.78 is 0. The first-order chi connectivity index (χ1) is 6.60. The molecule has 0 spiro atoms. The number of likely N-dealkylation sites (tertiary alicyclic amines) is 1. The van der Waals surface area contributed by atoms with E-state index in [4.69, 9.17) is 0 Å². The highest BCUT2D eigenvalue weighted by Gasteiger charge is 2.33. The summed E-state index contributed by atoms with van der Waals surface area (Å²) in [5.74, 6) is 0. The Morgan fingerprint density at radius 3 is 2.43 bits per heavy atom. The summed E-state index contributed by atoms with van der Waals surface area (Å²) in [5, 5.41) is 1.27. The maximum atomic E-state index is 2.74. The lowest BCUT2D eigenvalue weighted by Crippen LogP contribution is -2.26. The first kappa shape index (κ1) is 10.1. The van der Waals surface area contributed by atoms with Gasteiger partial charge in [0.05, 0.1) is 0 Å². The van der Waals surface area contributed by atoms with Crippen LogP contribution in [0.3, 0.4) is 0 Å². The lowest BCUT2D eigenvalue weighted by molar-refractivity contribution is 0.381. The van der Waals surface area contributed by atoms with Crippen LogP contribution in [0.15, 0.2) is 24.3 Å². The van der Waals surface area contributed by atoms with Crippen LogP contribution in [-0.4, -0.2) is 25.0 Å². The highest BCUT2D eigenvalue weighted by molar-refractivity contribution is 7.27. The Morgan fingerprint density at radius 2 is 1.93 bits per heavy atom. The van der Waals surface area contributed by atoms with Gasteiger partial charge in [0, 0.05) is 12.0 Å². The van der Waals surface area contributed by atoms with E-state index in [1.807, 2.05) is 0 Å². The van der Waals surface area contributed by atoms with E-state index < -0.39 is 0 Å². The van der Waals surface area contributed by atoms with Gasteiger partial charge < -0.3 is 4.90 Å². The quantitative estimate of drug-likeness (QED) is 0.634. The molecule has 1 heterocycles. The topological polar surface area (TPSA) is 3.24 Å². The zero-order chi connectivity index (χ0) is 10.2. The molecule has 0 aliphatic carbocycles. The fraction of sp³-hybridized carbons (Fsp3) is 0.500. The normalized spacial score (nSPS) is 28.2. The van der Waals surface area contributed by atoms with Crippen molar-refractivity contribution in [1.82, 2.24) is 4.90 Å². The number of hydrogen-bond donors (Lipinski definition) is 0. The highest BCUT2D eigenvalue weighted by atomic mass is 31.0. The van der Waals surface area contributed by atoms with Gasteiger partial charge in [0.1, 0.15) is 0 Å². The van der Waals surface area contributed by atoms with E-state index in [2.05, 4.69) is 52.4 Å². The fourth-order valence-corrected chi connectivity index (χ4v) is 2.51. The molecule has 1 aromatic carbocycles. The molecule has 76 valence electrons. The van der Waals surface area contributed by atoms with E-state index in [1.54, 1.807) is 0 Å². The van der Waals surface area contributed by atoms with Crippen LogP contribution in [-0.2, 0) is 5.41 Å². The van der Waals surface area contributed by atoms with Gasteiger partial charge in [-0.1, -0.05) is 31.2 Å². The minimum absolute atomic E-state index is 0.368. The summed E-state index contributed by atoms with van der Waals surface area (Å²) in [6, 6.07) is 8.90. The summed E-state index contributed by atoms with van der Waals surface area (Å²) in [6.07, 6.45) is 1.28. The fourth-order valence-electron chi connectivity index (χ4n) is 2.31. The Hall–Kier alpha value is -0.390. The predicted octanol–water partition coefficient (Wildman–Crippen LogP) is 1.78. The summed E-state index contributed by atoms with van der Waals surface area (Å²) in [4.78, 5) is 2.41. The molecule has 1 fully saturated rings. The van der Waals surface area contributed by atoms with Crippen LogP contribution in [0.1, 0.15) is 18.9 Å². The van der Waals surface area contributed by atoms with Gasteiger partial charge in [-0.15, -0.1) is 9.24 Å². The maximum absolute atomic E-state index is 2.74. The van der Waals surface area contributed by atoms with Crippen LogP contribution in [0, 0.1) is 0 Å². The molecule has 2 rings (SSSR count). The number of benzene rings is 1. The van der Waals surface area contributed by atoms with Gasteiger partial charge in [0.25, 0.3) is 0 Å². The number of rotatable bonds is 1. The van der Waals surface area contributed by atoms with Crippen molar-refractivity contribution < 1.29 is 0 Å². The zero-order valence-corrected chi connectivity index (χ0v) is 10.1. The van der Waals surface area contributed by atoms with Crippen molar-refractivity contribution in [2.75, 3.05) is 20.1 Å². The Balaban J connectivity index is 2.26. The smallest absolute Gasteiger partial charge is 0.00734 e. The number of hydrogen-bond acceptors (Lipinski definition) is 1. The molecular weight excluding hydrogens is 189 g/mol. The van der Waals surface area contributed by atoms with Gasteiger partial charge >= 0.3 is 0 Å². The zero-order valence-electron chi connectivity index (χ0n) is 8.96. The monoisotopic (exact) mass is 207 g/mol. The number of likely N-dealkylation sites (N-methyl/N-ethyl adjacent to an activating group) is 1. The molecular formula is C12H18NP. The average molecular weight is 207 g/mol. The second-order valence-corrected chi connectivity index (χ2v) is 5.34. The third-order valence-corrected chi connectivity index (χ3v) is 3.66. The Kier molecular flexibility index (Phi) is 2.64. The van der Waals surface area contributed by atoms with Crippen molar-refractivity contribution in [3.8, 4) is 0 Å². The lowest BCUT2D eigenvalue weighted by Gasteiger charge is -2.24. The maximum Gasteiger partial charge on any atom is 0.00734 e. The van der Waals surface area contributed by atoms with E-state index in [9.17, 15) is 0 Å². The summed E-state index contributed by atoms with van der Waals surface area (Å²) in [6.45, 7) is 4.77. The van der Waals surface area contributed by atoms with Crippen molar-refractivity contribution in [3.63, 3.8) is 0 Å². The van der Waals surface area contributed by atoms with Crippen molar-refractivity contribution in [1.29, 1.82) is 0 Å². The first-order valence-corrected chi connectivity index (χ1v) is 5.72. The third-order valence-electron chi connectivity index (χ3n) is 3.27. The van der Waals surface area contributed by atoms with Gasteiger partial charge in [-0.3, -0.25) is 0 Å². The highest BCUT2D eigenvalue weighted by Crippen LogP contribution is 2.32. The molecule has 2 atom stereocenters. The van der Waals surface area contributed by atoms with Crippen LogP contribution in [0.2, 0.25) is 0 Å². The molecule has 0 N–H and O–H groups in total. The molecule has 1 aliphatic rings. The van der Waals surface area contributed by atoms with Gasteiger partial charge in [0.15, 0.2) is 0 Å². The minimum Gasteiger partial charge on any atom is -0.305 e. The first-order valence-electron chi connectivity index (χ1n) is 5.15. The van der Waals surface area contributed by atoms with Crippen molar-refractivity contribution in [2.24, 2.45) is 0 Å². The van der Waals surface area contributed by atoms with Gasteiger partial charge in [-0.2, -0.15) is 0 Å². The standard InChI is InChI=1S/C12H18NP/c1-12(7-8-13(2)9-12)10-3-5-11(14)6-4-10/h3-6H,7-9,14H2,1-2H3. The van der Waals surface area contributed by atoms with Crippen LogP contribution in [0.5, 0.6) is 0 Å². The molecule has 1 aliphatic heterocycles. The number of nitrogens with zero attached hydrogens (tertiary/aromatic N) is 1. The van der Waals surface area contributed by atoms with E-state index in [0.717, 1.165) is 0 Å². The Labute approximate surface area is 88.7 Å². The Bertz CT molecular complexity index is 320. The van der Waals surface area contributed by atoms with Gasteiger partial charge in [0.2, 0.25) is 0 Å². The minimum atomic E-state index is 0.368. The molecule has 0 amide bonds. The molecule has 0 bridgehead atoms. The van der Waals surface area contributed by atoms with E-state index in [1.165, 1.54) is 30.4 Å². The molecule has 0 saturated carbocycles. The van der Waals surface area contributed by atoms with Crippen LogP contribution < -0.4 is 5.30 Å². The predicted molar refractivity (Wildman–Crippen MR) is 65.3 cm³/mol. The summed E-state index contributed by atoms with van der Waals surface area (Å²) >= 11 is 0. The van der Waals surface area contributed by atoms with Crippen molar-refractivity contribution in [2.45, 2.75) is 18.8 Å². The molecule has 0 radical (unpaired) electrons. The van der Waals surface area contributed by atoms with Gasteiger partial charge in [-0.05, 0) is 30.9 Å². The molecule has 2 heteroatoms. The molecule has 1 nitrogen and oxygen atoms in total. The van der Waals surface area contributed by atoms with Crippen molar-refractivity contribution >= 4 is 14.5 Å². The molecule has 2 unspecified atom stereocenters. The molecule has 0 aromatic heterocycles. The SMILES string of the molecule is CN1CCC(C)(c2ccc(P)cc2)C1.